The third kappa shape index (κ3) is 3.39. The summed E-state index contributed by atoms with van der Waals surface area (Å²) in [5.41, 5.74) is 0.187. The number of aryl methyl sites for hydroxylation is 2. The zero-order chi connectivity index (χ0) is 21.6. The molecule has 0 spiro atoms. The molecule has 4 amide bonds. The lowest BCUT2D eigenvalue weighted by Gasteiger charge is -2.25. The van der Waals surface area contributed by atoms with E-state index < -0.39 is 17.5 Å². The highest BCUT2D eigenvalue weighted by Crippen LogP contribution is 2.38. The number of nitrogens with one attached hydrogen (secondary N) is 1. The molecular weight excluding hydrogens is 402 g/mol. The van der Waals surface area contributed by atoms with E-state index in [-0.39, 0.29) is 12.5 Å². The summed E-state index contributed by atoms with van der Waals surface area (Å²) in [5, 5.41) is 3.12. The van der Waals surface area contributed by atoms with Gasteiger partial charge >= 0.3 is 6.03 Å². The SMILES string of the molecule is Cc1cc([C@]2(C)NC(=O)N(CC(=O)N3CC[C@H](C)Sc4ccccc43)C2=O)c(C)o1. The van der Waals surface area contributed by atoms with E-state index in [4.69, 9.17) is 4.42 Å². The zero-order valence-corrected chi connectivity index (χ0v) is 18.3. The zero-order valence-electron chi connectivity index (χ0n) is 17.5. The van der Waals surface area contributed by atoms with E-state index in [0.717, 1.165) is 21.9 Å². The molecular formula is C22H25N3O4S. The third-order valence-corrected chi connectivity index (χ3v) is 6.93. The molecule has 0 aliphatic carbocycles. The number of rotatable bonds is 3. The second kappa shape index (κ2) is 7.50. The average molecular weight is 428 g/mol. The molecule has 2 aliphatic heterocycles. The van der Waals surface area contributed by atoms with Gasteiger partial charge in [-0.1, -0.05) is 19.1 Å². The summed E-state index contributed by atoms with van der Waals surface area (Å²) in [6.45, 7) is 7.57. The number of fused-ring (bicyclic) bond motifs is 1. The first-order chi connectivity index (χ1) is 14.2. The minimum atomic E-state index is -1.25. The Hall–Kier alpha value is -2.74. The van der Waals surface area contributed by atoms with Crippen LogP contribution < -0.4 is 10.2 Å². The molecule has 0 bridgehead atoms. The highest BCUT2D eigenvalue weighted by atomic mass is 32.2. The van der Waals surface area contributed by atoms with Crippen LogP contribution >= 0.6 is 11.8 Å². The van der Waals surface area contributed by atoms with Crippen molar-refractivity contribution in [2.45, 2.75) is 49.8 Å². The Morgan fingerprint density at radius 2 is 2.03 bits per heavy atom. The standard InChI is InChI=1S/C22H25N3O4S/c1-13-11-16(15(3)29-13)22(4)20(27)25(21(28)23-22)12-19(26)24-10-9-14(2)30-18-8-6-5-7-17(18)24/h5-8,11,14H,9-10,12H2,1-4H3,(H,23,28)/t14-,22-/m0/s1. The average Bonchev–Trinajstić information content (AvgIpc) is 3.06. The number of furan rings is 1. The van der Waals surface area contributed by atoms with Gasteiger partial charge in [0.25, 0.3) is 5.91 Å². The fourth-order valence-electron chi connectivity index (χ4n) is 4.12. The number of carbonyl (C=O) groups is 3. The van der Waals surface area contributed by atoms with Crippen molar-refractivity contribution in [2.24, 2.45) is 0 Å². The fraction of sp³-hybridized carbons (Fsp3) is 0.409. The van der Waals surface area contributed by atoms with Crippen molar-refractivity contribution in [3.63, 3.8) is 0 Å². The monoisotopic (exact) mass is 427 g/mol. The van der Waals surface area contributed by atoms with Gasteiger partial charge in [0.15, 0.2) is 0 Å². The Labute approximate surface area is 179 Å². The van der Waals surface area contributed by atoms with Crippen LogP contribution in [0.25, 0.3) is 0 Å². The van der Waals surface area contributed by atoms with E-state index in [1.54, 1.807) is 43.5 Å². The van der Waals surface area contributed by atoms with Crippen LogP contribution in [-0.2, 0) is 15.1 Å². The summed E-state index contributed by atoms with van der Waals surface area (Å²) in [5.74, 6) is 0.512. The maximum atomic E-state index is 13.2. The van der Waals surface area contributed by atoms with Crippen LogP contribution in [-0.4, -0.2) is 41.1 Å². The van der Waals surface area contributed by atoms with Crippen LogP contribution in [0.4, 0.5) is 10.5 Å². The van der Waals surface area contributed by atoms with Crippen LogP contribution in [0.5, 0.6) is 0 Å². The van der Waals surface area contributed by atoms with Gasteiger partial charge in [-0.25, -0.2) is 4.79 Å². The lowest BCUT2D eigenvalue weighted by Crippen LogP contribution is -2.45. The summed E-state index contributed by atoms with van der Waals surface area (Å²) < 4.78 is 5.55. The van der Waals surface area contributed by atoms with E-state index in [1.807, 2.05) is 24.3 Å². The molecule has 2 aliphatic rings. The third-order valence-electron chi connectivity index (χ3n) is 5.69. The number of nitrogens with zero attached hydrogens (tertiary/aromatic N) is 2. The second-order valence-electron chi connectivity index (χ2n) is 8.00. The Morgan fingerprint density at radius 3 is 2.73 bits per heavy atom. The fourth-order valence-corrected chi connectivity index (χ4v) is 5.23. The van der Waals surface area contributed by atoms with E-state index in [2.05, 4.69) is 12.2 Å². The van der Waals surface area contributed by atoms with Crippen molar-refractivity contribution in [3.05, 3.63) is 47.4 Å². The van der Waals surface area contributed by atoms with Gasteiger partial charge in [-0.3, -0.25) is 14.5 Å². The van der Waals surface area contributed by atoms with Crippen molar-refractivity contribution < 1.29 is 18.8 Å². The van der Waals surface area contributed by atoms with Crippen LogP contribution in [0.1, 0.15) is 37.4 Å². The first-order valence-electron chi connectivity index (χ1n) is 9.98. The van der Waals surface area contributed by atoms with Gasteiger partial charge in [0.05, 0.1) is 5.69 Å². The number of urea groups is 1. The maximum absolute atomic E-state index is 13.2. The van der Waals surface area contributed by atoms with Crippen LogP contribution in [0.3, 0.4) is 0 Å². The van der Waals surface area contributed by atoms with Gasteiger partial charge in [-0.05, 0) is 45.4 Å². The minimum absolute atomic E-state index is 0.273. The van der Waals surface area contributed by atoms with Gasteiger partial charge in [0, 0.05) is 22.3 Å². The summed E-state index contributed by atoms with van der Waals surface area (Å²) in [6.07, 6.45) is 0.830. The van der Waals surface area contributed by atoms with Gasteiger partial charge in [-0.2, -0.15) is 0 Å². The molecule has 1 fully saturated rings. The molecule has 0 saturated carbocycles. The number of hydrogen-bond acceptors (Lipinski definition) is 5. The number of amides is 4. The molecule has 30 heavy (non-hydrogen) atoms. The lowest BCUT2D eigenvalue weighted by molar-refractivity contribution is -0.134. The molecule has 0 unspecified atom stereocenters. The topological polar surface area (TPSA) is 82.9 Å². The van der Waals surface area contributed by atoms with E-state index in [0.29, 0.717) is 28.9 Å². The number of anilines is 1. The largest absolute Gasteiger partial charge is 0.466 e. The summed E-state index contributed by atoms with van der Waals surface area (Å²) in [4.78, 5) is 42.8. The molecule has 0 radical (unpaired) electrons. The molecule has 3 heterocycles. The summed E-state index contributed by atoms with van der Waals surface area (Å²) in [7, 11) is 0. The minimum Gasteiger partial charge on any atom is -0.466 e. The highest BCUT2D eigenvalue weighted by molar-refractivity contribution is 8.00. The number of benzene rings is 1. The summed E-state index contributed by atoms with van der Waals surface area (Å²) >= 11 is 1.73. The van der Waals surface area contributed by atoms with E-state index in [9.17, 15) is 14.4 Å². The normalized spacial score (nSPS) is 23.9. The van der Waals surface area contributed by atoms with Crippen LogP contribution in [0.15, 0.2) is 39.6 Å². The van der Waals surface area contributed by atoms with E-state index >= 15 is 0 Å². The molecule has 8 heteroatoms. The van der Waals surface area contributed by atoms with Crippen molar-refractivity contribution in [1.29, 1.82) is 0 Å². The van der Waals surface area contributed by atoms with Crippen LogP contribution in [0, 0.1) is 13.8 Å². The van der Waals surface area contributed by atoms with E-state index in [1.165, 1.54) is 0 Å². The highest BCUT2D eigenvalue weighted by Gasteiger charge is 2.51. The molecule has 2 atom stereocenters. The smallest absolute Gasteiger partial charge is 0.325 e. The van der Waals surface area contributed by atoms with Crippen molar-refractivity contribution in [1.82, 2.24) is 10.2 Å². The number of thioether (sulfide) groups is 1. The van der Waals surface area contributed by atoms with Crippen LogP contribution in [0.2, 0.25) is 0 Å². The van der Waals surface area contributed by atoms with Gasteiger partial charge in [0.2, 0.25) is 5.91 Å². The Balaban J connectivity index is 1.59. The molecule has 1 aromatic heterocycles. The van der Waals surface area contributed by atoms with Gasteiger partial charge in [0.1, 0.15) is 23.6 Å². The van der Waals surface area contributed by atoms with Crippen molar-refractivity contribution in [2.75, 3.05) is 18.0 Å². The molecule has 1 N–H and O–H groups in total. The predicted octanol–water partition coefficient (Wildman–Crippen LogP) is 3.58. The first-order valence-corrected chi connectivity index (χ1v) is 10.9. The first kappa shape index (κ1) is 20.5. The quantitative estimate of drug-likeness (QED) is 0.757. The van der Waals surface area contributed by atoms with Crippen molar-refractivity contribution in [3.8, 4) is 0 Å². The lowest BCUT2D eigenvalue weighted by atomic mass is 9.92. The van der Waals surface area contributed by atoms with Gasteiger partial charge < -0.3 is 14.6 Å². The molecule has 7 nitrogen and oxygen atoms in total. The molecule has 1 saturated heterocycles. The molecule has 4 rings (SSSR count). The predicted molar refractivity (Wildman–Crippen MR) is 115 cm³/mol. The Bertz CT molecular complexity index is 1030. The second-order valence-corrected chi connectivity index (χ2v) is 9.48. The Morgan fingerprint density at radius 1 is 1.30 bits per heavy atom. The maximum Gasteiger partial charge on any atom is 0.325 e. The number of hydrogen-bond donors (Lipinski definition) is 1. The number of carbonyl (C=O) groups excluding carboxylic acids is 3. The van der Waals surface area contributed by atoms with Crippen molar-refractivity contribution >= 4 is 35.3 Å². The number of para-hydroxylation sites is 1. The molecule has 158 valence electrons. The number of imide groups is 1. The summed E-state index contributed by atoms with van der Waals surface area (Å²) in [6, 6.07) is 8.93. The Kier molecular flexibility index (Phi) is 5.13. The molecule has 1 aromatic carbocycles. The molecule has 2 aromatic rings. The van der Waals surface area contributed by atoms with Gasteiger partial charge in [-0.15, -0.1) is 11.8 Å².